The second kappa shape index (κ2) is 8.20. The molecule has 2 rings (SSSR count). The number of aromatic nitrogens is 3. The van der Waals surface area contributed by atoms with E-state index in [1.165, 1.54) is 5.56 Å². The average molecular weight is 406 g/mol. The van der Waals surface area contributed by atoms with E-state index in [9.17, 15) is 0 Å². The lowest BCUT2D eigenvalue weighted by Gasteiger charge is -2.10. The van der Waals surface area contributed by atoms with Crippen LogP contribution in [0.4, 0.5) is 0 Å². The van der Waals surface area contributed by atoms with Gasteiger partial charge < -0.3 is 15.2 Å². The Hall–Kier alpha value is -1.16. The predicted octanol–water partition coefficient (Wildman–Crippen LogP) is 1.67. The van der Waals surface area contributed by atoms with Crippen LogP contribution in [0.3, 0.4) is 0 Å². The zero-order chi connectivity index (χ0) is 13.7. The molecule has 6 nitrogen and oxygen atoms in total. The summed E-state index contributed by atoms with van der Waals surface area (Å²) in [7, 11) is 3.71. The molecule has 2 aromatic heterocycles. The van der Waals surface area contributed by atoms with Gasteiger partial charge in [-0.2, -0.15) is 11.3 Å². The van der Waals surface area contributed by atoms with Crippen LogP contribution in [-0.2, 0) is 20.1 Å². The molecule has 0 atom stereocenters. The number of rotatable bonds is 4. The molecule has 110 valence electrons. The lowest BCUT2D eigenvalue weighted by molar-refractivity contribution is 0.718. The zero-order valence-corrected chi connectivity index (χ0v) is 14.9. The molecule has 0 aliphatic rings. The Morgan fingerprint density at radius 3 is 2.65 bits per heavy atom. The number of aliphatic imine (C=N–C) groups is 1. The summed E-state index contributed by atoms with van der Waals surface area (Å²) in [6, 6.07) is 2.09. The van der Waals surface area contributed by atoms with Crippen molar-refractivity contribution in [2.24, 2.45) is 12.0 Å². The Balaban J connectivity index is 0.00000200. The van der Waals surface area contributed by atoms with Crippen molar-refractivity contribution in [1.82, 2.24) is 25.4 Å². The van der Waals surface area contributed by atoms with Crippen LogP contribution in [0.15, 0.2) is 21.8 Å². The number of hydrogen-bond donors (Lipinski definition) is 2. The number of thiophene rings is 1. The molecule has 0 spiro atoms. The minimum Gasteiger partial charge on any atom is -0.352 e. The first-order valence-corrected chi connectivity index (χ1v) is 6.95. The van der Waals surface area contributed by atoms with Gasteiger partial charge in [-0.15, -0.1) is 34.2 Å². The summed E-state index contributed by atoms with van der Waals surface area (Å²) < 4.78 is 1.96. The Morgan fingerprint density at radius 1 is 1.35 bits per heavy atom. The van der Waals surface area contributed by atoms with Gasteiger partial charge in [-0.05, 0) is 29.3 Å². The first kappa shape index (κ1) is 16.9. The highest BCUT2D eigenvalue weighted by atomic mass is 127. The van der Waals surface area contributed by atoms with Gasteiger partial charge in [-0.25, -0.2) is 0 Å². The van der Waals surface area contributed by atoms with Crippen LogP contribution < -0.4 is 10.6 Å². The predicted molar refractivity (Wildman–Crippen MR) is 92.5 cm³/mol. The van der Waals surface area contributed by atoms with E-state index in [0.717, 1.165) is 24.2 Å². The summed E-state index contributed by atoms with van der Waals surface area (Å²) in [5, 5.41) is 18.8. The van der Waals surface area contributed by atoms with Crippen molar-refractivity contribution in [3.8, 4) is 0 Å². The number of guanidine groups is 1. The third kappa shape index (κ3) is 4.44. The van der Waals surface area contributed by atoms with Gasteiger partial charge in [0.1, 0.15) is 5.82 Å². The summed E-state index contributed by atoms with van der Waals surface area (Å²) >= 11 is 1.69. The van der Waals surface area contributed by atoms with E-state index >= 15 is 0 Å². The van der Waals surface area contributed by atoms with Crippen molar-refractivity contribution in [3.63, 3.8) is 0 Å². The lowest BCUT2D eigenvalue weighted by Crippen LogP contribution is -2.36. The van der Waals surface area contributed by atoms with Gasteiger partial charge in [-0.3, -0.25) is 4.99 Å². The zero-order valence-electron chi connectivity index (χ0n) is 11.8. The summed E-state index contributed by atoms with van der Waals surface area (Å²) in [6.07, 6.45) is 0. The van der Waals surface area contributed by atoms with E-state index in [2.05, 4.69) is 42.6 Å². The molecule has 0 amide bonds. The molecule has 0 fully saturated rings. The summed E-state index contributed by atoms with van der Waals surface area (Å²) in [6.45, 7) is 3.29. The highest BCUT2D eigenvalue weighted by molar-refractivity contribution is 14.0. The maximum absolute atomic E-state index is 4.18. The van der Waals surface area contributed by atoms with Gasteiger partial charge in [0.15, 0.2) is 11.8 Å². The number of hydrogen-bond acceptors (Lipinski definition) is 4. The molecule has 0 bridgehead atoms. The van der Waals surface area contributed by atoms with Crippen LogP contribution in [0.5, 0.6) is 0 Å². The quantitative estimate of drug-likeness (QED) is 0.461. The smallest absolute Gasteiger partial charge is 0.191 e. The fourth-order valence-electron chi connectivity index (χ4n) is 1.57. The third-order valence-electron chi connectivity index (χ3n) is 2.86. The largest absolute Gasteiger partial charge is 0.352 e. The minimum atomic E-state index is 0. The molecule has 0 saturated carbocycles. The monoisotopic (exact) mass is 406 g/mol. The third-order valence-corrected chi connectivity index (χ3v) is 3.59. The van der Waals surface area contributed by atoms with Gasteiger partial charge in [-0.1, -0.05) is 0 Å². The van der Waals surface area contributed by atoms with Crippen molar-refractivity contribution >= 4 is 41.3 Å². The molecule has 2 heterocycles. The van der Waals surface area contributed by atoms with Crippen LogP contribution in [0, 0.1) is 6.92 Å². The van der Waals surface area contributed by atoms with E-state index < -0.39 is 0 Å². The molecule has 8 heteroatoms. The van der Waals surface area contributed by atoms with E-state index in [-0.39, 0.29) is 24.0 Å². The Morgan fingerprint density at radius 2 is 2.10 bits per heavy atom. The van der Waals surface area contributed by atoms with E-state index in [0.29, 0.717) is 6.54 Å². The van der Waals surface area contributed by atoms with Crippen molar-refractivity contribution in [1.29, 1.82) is 0 Å². The van der Waals surface area contributed by atoms with Crippen molar-refractivity contribution in [3.05, 3.63) is 34.0 Å². The lowest BCUT2D eigenvalue weighted by atomic mass is 10.3. The van der Waals surface area contributed by atoms with Crippen LogP contribution >= 0.6 is 35.3 Å². The molecular weight excluding hydrogens is 387 g/mol. The second-order valence-electron chi connectivity index (χ2n) is 4.13. The molecule has 0 radical (unpaired) electrons. The first-order chi connectivity index (χ1) is 9.20. The highest BCUT2D eigenvalue weighted by Gasteiger charge is 2.05. The maximum Gasteiger partial charge on any atom is 0.191 e. The molecule has 2 N–H and O–H groups in total. The maximum atomic E-state index is 4.18. The van der Waals surface area contributed by atoms with Gasteiger partial charge in [0.2, 0.25) is 0 Å². The molecule has 0 saturated heterocycles. The second-order valence-corrected chi connectivity index (χ2v) is 4.91. The number of aryl methyl sites for hydroxylation is 1. The minimum absolute atomic E-state index is 0. The van der Waals surface area contributed by atoms with E-state index in [4.69, 9.17) is 0 Å². The highest BCUT2D eigenvalue weighted by Crippen LogP contribution is 2.04. The van der Waals surface area contributed by atoms with Crippen LogP contribution in [0.1, 0.15) is 17.2 Å². The van der Waals surface area contributed by atoms with Crippen LogP contribution in [0.2, 0.25) is 0 Å². The van der Waals surface area contributed by atoms with E-state index in [1.807, 2.05) is 18.5 Å². The Labute approximate surface area is 139 Å². The first-order valence-electron chi connectivity index (χ1n) is 6.01. The fraction of sp³-hybridized carbons (Fsp3) is 0.417. The molecular formula is C12H19IN6S. The molecule has 0 aromatic carbocycles. The van der Waals surface area contributed by atoms with Gasteiger partial charge >= 0.3 is 0 Å². The van der Waals surface area contributed by atoms with Gasteiger partial charge in [0.25, 0.3) is 0 Å². The average Bonchev–Trinajstić information content (AvgIpc) is 3.03. The summed E-state index contributed by atoms with van der Waals surface area (Å²) in [4.78, 5) is 4.18. The summed E-state index contributed by atoms with van der Waals surface area (Å²) in [5.74, 6) is 2.54. The Kier molecular flexibility index (Phi) is 6.93. The molecule has 0 aliphatic carbocycles. The van der Waals surface area contributed by atoms with Crippen LogP contribution in [-0.4, -0.2) is 27.8 Å². The topological polar surface area (TPSA) is 67.1 Å². The Bertz CT molecular complexity index is 548. The van der Waals surface area contributed by atoms with Crippen molar-refractivity contribution in [2.75, 3.05) is 7.05 Å². The normalized spacial score (nSPS) is 11.1. The molecule has 20 heavy (non-hydrogen) atoms. The van der Waals surface area contributed by atoms with Crippen molar-refractivity contribution in [2.45, 2.75) is 20.0 Å². The van der Waals surface area contributed by atoms with Crippen molar-refractivity contribution < 1.29 is 0 Å². The number of nitrogens with one attached hydrogen (secondary N) is 2. The molecule has 0 aliphatic heterocycles. The van der Waals surface area contributed by atoms with Crippen LogP contribution in [0.25, 0.3) is 0 Å². The van der Waals surface area contributed by atoms with E-state index in [1.54, 1.807) is 18.4 Å². The fourth-order valence-corrected chi connectivity index (χ4v) is 2.24. The summed E-state index contributed by atoms with van der Waals surface area (Å²) in [5.41, 5.74) is 1.25. The molecule has 0 unspecified atom stereocenters. The van der Waals surface area contributed by atoms with Gasteiger partial charge in [0, 0.05) is 20.6 Å². The number of halogens is 1. The SMILES string of the molecule is CN=C(NCc1ccsc1)NCc1nnc(C)n1C.I. The standard InChI is InChI=1S/C12H18N6S.HI/c1-9-16-17-11(18(9)3)7-15-12(13-2)14-6-10-4-5-19-8-10;/h4-5,8H,6-7H2,1-3H3,(H2,13,14,15);1H. The molecule has 2 aromatic rings. The van der Waals surface area contributed by atoms with Gasteiger partial charge in [0.05, 0.1) is 6.54 Å². The number of nitrogens with zero attached hydrogens (tertiary/aromatic N) is 4.